The zero-order valence-electron chi connectivity index (χ0n) is 7.50. The quantitative estimate of drug-likeness (QED) is 0.525. The average molecular weight is 174 g/mol. The highest BCUT2D eigenvalue weighted by molar-refractivity contribution is 5.83. The minimum absolute atomic E-state index is 0.125. The fourth-order valence-electron chi connectivity index (χ4n) is 1.64. The molecule has 3 heteroatoms. The molecule has 0 saturated heterocycles. The van der Waals surface area contributed by atoms with E-state index < -0.39 is 0 Å². The van der Waals surface area contributed by atoms with Gasteiger partial charge in [-0.3, -0.25) is 4.79 Å². The van der Waals surface area contributed by atoms with Gasteiger partial charge in [0.25, 0.3) is 0 Å². The normalized spacial score (nSPS) is 21.9. The van der Waals surface area contributed by atoms with E-state index in [2.05, 4.69) is 0 Å². The molecule has 1 unspecified atom stereocenters. The summed E-state index contributed by atoms with van der Waals surface area (Å²) in [7, 11) is 0. The molecule has 13 heavy (non-hydrogen) atoms. The molecule has 0 amide bonds. The average Bonchev–Trinajstić information content (AvgIpc) is 2.04. The summed E-state index contributed by atoms with van der Waals surface area (Å²) in [6, 6.07) is 3.66. The molecule has 0 heterocycles. The summed E-state index contributed by atoms with van der Waals surface area (Å²) >= 11 is 0. The minimum atomic E-state index is 0.125. The highest BCUT2D eigenvalue weighted by Gasteiger charge is 2.22. The monoisotopic (exact) mass is 174 g/mol. The Kier molecular flexibility index (Phi) is 2.82. The van der Waals surface area contributed by atoms with Gasteiger partial charge in [0.1, 0.15) is 23.5 Å². The van der Waals surface area contributed by atoms with Crippen LogP contribution < -0.4 is 0 Å². The first-order valence-corrected chi connectivity index (χ1v) is 4.21. The summed E-state index contributed by atoms with van der Waals surface area (Å²) in [6.45, 7) is 1.96. The number of rotatable bonds is 0. The zero-order valence-corrected chi connectivity index (χ0v) is 7.50. The van der Waals surface area contributed by atoms with Crippen molar-refractivity contribution < 1.29 is 4.79 Å². The summed E-state index contributed by atoms with van der Waals surface area (Å²) in [5, 5.41) is 17.2. The lowest BCUT2D eigenvalue weighted by molar-refractivity contribution is -0.120. The topological polar surface area (TPSA) is 64.7 Å². The highest BCUT2D eigenvalue weighted by Crippen LogP contribution is 2.27. The zero-order chi connectivity index (χ0) is 9.84. The van der Waals surface area contributed by atoms with Crippen molar-refractivity contribution in [3.63, 3.8) is 0 Å². The molecule has 1 rings (SSSR count). The first kappa shape index (κ1) is 9.48. The Bertz CT molecular complexity index is 325. The van der Waals surface area contributed by atoms with E-state index in [9.17, 15) is 4.79 Å². The molecule has 66 valence electrons. The smallest absolute Gasteiger partial charge is 0.137 e. The van der Waals surface area contributed by atoms with Crippen LogP contribution in [0.4, 0.5) is 0 Å². The Labute approximate surface area is 77.3 Å². The first-order chi connectivity index (χ1) is 6.17. The maximum Gasteiger partial charge on any atom is 0.137 e. The number of hydrogen-bond donors (Lipinski definition) is 0. The van der Waals surface area contributed by atoms with Crippen molar-refractivity contribution >= 4 is 5.78 Å². The van der Waals surface area contributed by atoms with Crippen LogP contribution in [0.5, 0.6) is 0 Å². The van der Waals surface area contributed by atoms with Gasteiger partial charge in [0.15, 0.2) is 0 Å². The molecule has 1 aliphatic carbocycles. The number of nitriles is 2. The molecule has 0 aromatic carbocycles. The third-order valence-corrected chi connectivity index (χ3v) is 2.16. The van der Waals surface area contributed by atoms with Crippen LogP contribution in [0.2, 0.25) is 0 Å². The molecule has 0 bridgehead atoms. The van der Waals surface area contributed by atoms with Crippen LogP contribution in [0.1, 0.15) is 26.2 Å². The molecule has 0 aromatic rings. The van der Waals surface area contributed by atoms with Crippen LogP contribution in [0.15, 0.2) is 11.1 Å². The van der Waals surface area contributed by atoms with Gasteiger partial charge in [-0.05, 0) is 17.9 Å². The summed E-state index contributed by atoms with van der Waals surface area (Å²) < 4.78 is 0. The van der Waals surface area contributed by atoms with E-state index in [1.54, 1.807) is 0 Å². The molecule has 3 nitrogen and oxygen atoms in total. The van der Waals surface area contributed by atoms with Gasteiger partial charge in [0, 0.05) is 12.8 Å². The van der Waals surface area contributed by atoms with Gasteiger partial charge in [-0.25, -0.2) is 0 Å². The van der Waals surface area contributed by atoms with Crippen molar-refractivity contribution in [2.24, 2.45) is 5.92 Å². The standard InChI is InChI=1S/C10H10N2O/c1-7-2-8(4-10(13)3-7)9(5-11)6-12/h7H,2-4H2,1H3. The van der Waals surface area contributed by atoms with Gasteiger partial charge in [-0.15, -0.1) is 0 Å². The number of hydrogen-bond acceptors (Lipinski definition) is 3. The van der Waals surface area contributed by atoms with Crippen molar-refractivity contribution in [3.05, 3.63) is 11.1 Å². The molecule has 0 aromatic heterocycles. The van der Waals surface area contributed by atoms with Crippen molar-refractivity contribution in [1.29, 1.82) is 10.5 Å². The van der Waals surface area contributed by atoms with Crippen molar-refractivity contribution in [2.45, 2.75) is 26.2 Å². The summed E-state index contributed by atoms with van der Waals surface area (Å²) in [6.07, 6.45) is 1.58. The number of ketones is 1. The maximum atomic E-state index is 11.2. The number of carbonyl (C=O) groups excluding carboxylic acids is 1. The van der Waals surface area contributed by atoms with E-state index in [0.29, 0.717) is 24.8 Å². The number of carbonyl (C=O) groups is 1. The van der Waals surface area contributed by atoms with Crippen LogP contribution in [0, 0.1) is 28.6 Å². The Morgan fingerprint density at radius 3 is 2.46 bits per heavy atom. The molecule has 0 radical (unpaired) electrons. The lowest BCUT2D eigenvalue weighted by atomic mass is 9.84. The molecule has 0 spiro atoms. The van der Waals surface area contributed by atoms with E-state index in [4.69, 9.17) is 10.5 Å². The van der Waals surface area contributed by atoms with Crippen LogP contribution in [0.3, 0.4) is 0 Å². The second kappa shape index (κ2) is 3.87. The molecule has 1 aliphatic rings. The number of Topliss-reactive ketones (excluding diaryl/α,β-unsaturated/α-hetero) is 1. The fraction of sp³-hybridized carbons (Fsp3) is 0.500. The Hall–Kier alpha value is -1.61. The Morgan fingerprint density at radius 1 is 1.38 bits per heavy atom. The SMILES string of the molecule is CC1CC(=O)CC(=C(C#N)C#N)C1. The molecule has 0 aliphatic heterocycles. The second-order valence-electron chi connectivity index (χ2n) is 3.43. The lowest BCUT2D eigenvalue weighted by Crippen LogP contribution is -2.15. The highest BCUT2D eigenvalue weighted by atomic mass is 16.1. The van der Waals surface area contributed by atoms with Gasteiger partial charge in [-0.2, -0.15) is 10.5 Å². The van der Waals surface area contributed by atoms with Gasteiger partial charge in [0.05, 0.1) is 0 Å². The van der Waals surface area contributed by atoms with Crippen molar-refractivity contribution in [1.82, 2.24) is 0 Å². The molecular formula is C10H10N2O. The van der Waals surface area contributed by atoms with E-state index in [-0.39, 0.29) is 17.3 Å². The van der Waals surface area contributed by atoms with E-state index in [1.165, 1.54) is 0 Å². The Balaban J connectivity index is 2.95. The third kappa shape index (κ3) is 2.16. The fourth-order valence-corrected chi connectivity index (χ4v) is 1.64. The predicted octanol–water partition coefficient (Wildman–Crippen LogP) is 1.72. The summed E-state index contributed by atoms with van der Waals surface area (Å²) in [5.41, 5.74) is 0.841. The molecule has 1 fully saturated rings. The van der Waals surface area contributed by atoms with Crippen molar-refractivity contribution in [2.75, 3.05) is 0 Å². The first-order valence-electron chi connectivity index (χ1n) is 4.21. The predicted molar refractivity (Wildman–Crippen MR) is 46.3 cm³/mol. The van der Waals surface area contributed by atoms with Crippen LogP contribution in [-0.2, 0) is 4.79 Å². The largest absolute Gasteiger partial charge is 0.299 e. The van der Waals surface area contributed by atoms with Crippen LogP contribution >= 0.6 is 0 Å². The lowest BCUT2D eigenvalue weighted by Gasteiger charge is -2.19. The van der Waals surface area contributed by atoms with Crippen LogP contribution in [0.25, 0.3) is 0 Å². The van der Waals surface area contributed by atoms with Gasteiger partial charge in [0.2, 0.25) is 0 Å². The molecule has 1 saturated carbocycles. The number of allylic oxidation sites excluding steroid dienone is 2. The van der Waals surface area contributed by atoms with Gasteiger partial charge >= 0.3 is 0 Å². The van der Waals surface area contributed by atoms with Crippen LogP contribution in [-0.4, -0.2) is 5.78 Å². The molecule has 1 atom stereocenters. The second-order valence-corrected chi connectivity index (χ2v) is 3.43. The van der Waals surface area contributed by atoms with Gasteiger partial charge in [-0.1, -0.05) is 6.92 Å². The Morgan fingerprint density at radius 2 is 2.00 bits per heavy atom. The van der Waals surface area contributed by atoms with Crippen molar-refractivity contribution in [3.8, 4) is 12.1 Å². The van der Waals surface area contributed by atoms with E-state index in [1.807, 2.05) is 19.1 Å². The van der Waals surface area contributed by atoms with E-state index in [0.717, 1.165) is 0 Å². The molecular weight excluding hydrogens is 164 g/mol. The van der Waals surface area contributed by atoms with Gasteiger partial charge < -0.3 is 0 Å². The van der Waals surface area contributed by atoms with E-state index >= 15 is 0 Å². The third-order valence-electron chi connectivity index (χ3n) is 2.16. The summed E-state index contributed by atoms with van der Waals surface area (Å²) in [4.78, 5) is 11.2. The maximum absolute atomic E-state index is 11.2. The molecule has 0 N–H and O–H groups in total. The number of nitrogens with zero attached hydrogens (tertiary/aromatic N) is 2. The summed E-state index contributed by atoms with van der Waals surface area (Å²) in [5.74, 6) is 0.407. The minimum Gasteiger partial charge on any atom is -0.299 e.